The third-order valence-corrected chi connectivity index (χ3v) is 6.09. The van der Waals surface area contributed by atoms with Crippen LogP contribution >= 0.6 is 0 Å². The van der Waals surface area contributed by atoms with Crippen LogP contribution in [0, 0.1) is 5.92 Å². The average Bonchev–Trinajstić information content (AvgIpc) is 2.81. The SMILES string of the molecule is O=S(=O)(O)C1CCC2N=C(C3CCCCC3)NC2C1. The van der Waals surface area contributed by atoms with E-state index in [2.05, 4.69) is 5.32 Å². The van der Waals surface area contributed by atoms with Gasteiger partial charge in [0, 0.05) is 5.92 Å². The van der Waals surface area contributed by atoms with Gasteiger partial charge >= 0.3 is 0 Å². The molecule has 2 N–H and O–H groups in total. The molecule has 3 rings (SSSR count). The highest BCUT2D eigenvalue weighted by Crippen LogP contribution is 2.32. The molecule has 0 saturated heterocycles. The molecule has 5 nitrogen and oxygen atoms in total. The quantitative estimate of drug-likeness (QED) is 0.758. The molecule has 0 bridgehead atoms. The van der Waals surface area contributed by atoms with E-state index in [1.807, 2.05) is 0 Å². The van der Waals surface area contributed by atoms with Crippen LogP contribution < -0.4 is 5.32 Å². The lowest BCUT2D eigenvalue weighted by Gasteiger charge is -2.29. The van der Waals surface area contributed by atoms with Gasteiger partial charge in [-0.1, -0.05) is 19.3 Å². The number of hydrogen-bond acceptors (Lipinski definition) is 4. The fraction of sp³-hybridized carbons (Fsp3) is 0.923. The zero-order valence-corrected chi connectivity index (χ0v) is 11.9. The zero-order chi connectivity index (χ0) is 13.5. The van der Waals surface area contributed by atoms with E-state index in [0.29, 0.717) is 18.8 Å². The Kier molecular flexibility index (Phi) is 3.55. The molecule has 2 aliphatic carbocycles. The third-order valence-electron chi connectivity index (χ3n) is 4.82. The Hall–Kier alpha value is -0.620. The van der Waals surface area contributed by atoms with Crippen molar-refractivity contribution in [3.63, 3.8) is 0 Å². The fourth-order valence-electron chi connectivity index (χ4n) is 3.70. The van der Waals surface area contributed by atoms with E-state index < -0.39 is 15.4 Å². The van der Waals surface area contributed by atoms with Gasteiger partial charge in [0.05, 0.1) is 17.3 Å². The van der Waals surface area contributed by atoms with E-state index in [1.54, 1.807) is 0 Å². The molecular formula is C13H22N2O3S. The van der Waals surface area contributed by atoms with Gasteiger partial charge in [-0.15, -0.1) is 0 Å². The van der Waals surface area contributed by atoms with Crippen molar-refractivity contribution in [2.24, 2.45) is 10.9 Å². The van der Waals surface area contributed by atoms with Gasteiger partial charge < -0.3 is 5.32 Å². The monoisotopic (exact) mass is 286 g/mol. The normalized spacial score (nSPS) is 36.5. The van der Waals surface area contributed by atoms with Gasteiger partial charge in [-0.05, 0) is 32.1 Å². The van der Waals surface area contributed by atoms with Crippen LogP contribution in [-0.2, 0) is 10.1 Å². The summed E-state index contributed by atoms with van der Waals surface area (Å²) in [6.45, 7) is 0. The number of hydrogen-bond donors (Lipinski definition) is 2. The van der Waals surface area contributed by atoms with Gasteiger partial charge in [0.25, 0.3) is 10.1 Å². The first-order valence-electron chi connectivity index (χ1n) is 7.34. The fourth-order valence-corrected chi connectivity index (χ4v) is 4.59. The van der Waals surface area contributed by atoms with Crippen LogP contribution in [0.5, 0.6) is 0 Å². The second-order valence-corrected chi connectivity index (χ2v) is 7.81. The highest BCUT2D eigenvalue weighted by atomic mass is 32.2. The van der Waals surface area contributed by atoms with Crippen LogP contribution in [0.4, 0.5) is 0 Å². The second-order valence-electron chi connectivity index (χ2n) is 6.12. The molecule has 108 valence electrons. The highest BCUT2D eigenvalue weighted by Gasteiger charge is 2.40. The lowest BCUT2D eigenvalue weighted by Crippen LogP contribution is -2.44. The summed E-state index contributed by atoms with van der Waals surface area (Å²) in [5.74, 6) is 1.65. The molecule has 3 atom stereocenters. The molecule has 1 heterocycles. The Bertz CT molecular complexity index is 468. The maximum absolute atomic E-state index is 11.2. The van der Waals surface area contributed by atoms with Crippen molar-refractivity contribution in [1.82, 2.24) is 5.32 Å². The molecule has 0 radical (unpaired) electrons. The molecule has 0 spiro atoms. The van der Waals surface area contributed by atoms with E-state index in [4.69, 9.17) is 4.99 Å². The van der Waals surface area contributed by atoms with Gasteiger partial charge in [0.1, 0.15) is 5.84 Å². The summed E-state index contributed by atoms with van der Waals surface area (Å²) >= 11 is 0. The molecule has 19 heavy (non-hydrogen) atoms. The number of nitrogens with one attached hydrogen (secondary N) is 1. The predicted molar refractivity (Wildman–Crippen MR) is 73.9 cm³/mol. The molecule has 0 aromatic carbocycles. The lowest BCUT2D eigenvalue weighted by atomic mass is 9.88. The minimum Gasteiger partial charge on any atom is -0.369 e. The Labute approximate surface area is 114 Å². The van der Waals surface area contributed by atoms with Crippen molar-refractivity contribution < 1.29 is 13.0 Å². The number of nitrogens with zero attached hydrogens (tertiary/aromatic N) is 1. The van der Waals surface area contributed by atoms with E-state index >= 15 is 0 Å². The standard InChI is InChI=1S/C13H22N2O3S/c16-19(17,18)10-6-7-11-12(8-10)15-13(14-11)9-4-2-1-3-5-9/h9-12H,1-8H2,(H,14,15)(H,16,17,18). The van der Waals surface area contributed by atoms with E-state index in [9.17, 15) is 13.0 Å². The minimum atomic E-state index is -3.90. The number of rotatable bonds is 2. The molecule has 3 aliphatic rings. The third kappa shape index (κ3) is 2.79. The predicted octanol–water partition coefficient (Wildman–Crippen LogP) is 1.75. The number of fused-ring (bicyclic) bond motifs is 1. The van der Waals surface area contributed by atoms with Crippen molar-refractivity contribution >= 4 is 16.0 Å². The molecular weight excluding hydrogens is 264 g/mol. The first-order valence-corrected chi connectivity index (χ1v) is 8.85. The van der Waals surface area contributed by atoms with E-state index in [-0.39, 0.29) is 12.1 Å². The van der Waals surface area contributed by atoms with Crippen LogP contribution in [0.1, 0.15) is 51.4 Å². The first kappa shape index (κ1) is 13.4. The number of amidine groups is 1. The van der Waals surface area contributed by atoms with Crippen LogP contribution in [0.15, 0.2) is 4.99 Å². The highest BCUT2D eigenvalue weighted by molar-refractivity contribution is 7.86. The first-order chi connectivity index (χ1) is 9.04. The summed E-state index contributed by atoms with van der Waals surface area (Å²) in [6, 6.07) is 0.326. The molecule has 2 saturated carbocycles. The van der Waals surface area contributed by atoms with Crippen molar-refractivity contribution in [3.05, 3.63) is 0 Å². The van der Waals surface area contributed by atoms with Gasteiger partial charge in [-0.25, -0.2) is 0 Å². The summed E-state index contributed by atoms with van der Waals surface area (Å²) in [4.78, 5) is 4.78. The van der Waals surface area contributed by atoms with Crippen molar-refractivity contribution in [2.75, 3.05) is 0 Å². The molecule has 6 heteroatoms. The molecule has 0 amide bonds. The van der Waals surface area contributed by atoms with Crippen molar-refractivity contribution in [1.29, 1.82) is 0 Å². The van der Waals surface area contributed by atoms with Crippen LogP contribution in [0.25, 0.3) is 0 Å². The average molecular weight is 286 g/mol. The Morgan fingerprint density at radius 1 is 1.11 bits per heavy atom. The van der Waals surface area contributed by atoms with E-state index in [1.165, 1.54) is 32.1 Å². The zero-order valence-electron chi connectivity index (χ0n) is 11.1. The van der Waals surface area contributed by atoms with Crippen LogP contribution in [0.3, 0.4) is 0 Å². The largest absolute Gasteiger partial charge is 0.369 e. The maximum atomic E-state index is 11.2. The van der Waals surface area contributed by atoms with Gasteiger partial charge in [-0.2, -0.15) is 8.42 Å². The van der Waals surface area contributed by atoms with Crippen LogP contribution in [-0.4, -0.2) is 36.1 Å². The Morgan fingerprint density at radius 2 is 1.84 bits per heavy atom. The summed E-state index contributed by atoms with van der Waals surface area (Å²) in [6.07, 6.45) is 8.05. The Balaban J connectivity index is 1.65. The lowest BCUT2D eigenvalue weighted by molar-refractivity contribution is 0.361. The van der Waals surface area contributed by atoms with Gasteiger partial charge in [0.15, 0.2) is 0 Å². The molecule has 2 fully saturated rings. The van der Waals surface area contributed by atoms with Gasteiger partial charge in [0.2, 0.25) is 0 Å². The van der Waals surface area contributed by atoms with E-state index in [0.717, 1.165) is 12.3 Å². The summed E-state index contributed by atoms with van der Waals surface area (Å²) in [7, 11) is -3.90. The summed E-state index contributed by atoms with van der Waals surface area (Å²) in [5.41, 5.74) is 0. The molecule has 0 aromatic rings. The van der Waals surface area contributed by atoms with Crippen molar-refractivity contribution in [3.8, 4) is 0 Å². The van der Waals surface area contributed by atoms with Crippen LogP contribution in [0.2, 0.25) is 0 Å². The second kappa shape index (κ2) is 5.05. The minimum absolute atomic E-state index is 0.109. The smallest absolute Gasteiger partial charge is 0.267 e. The topological polar surface area (TPSA) is 78.8 Å². The van der Waals surface area contributed by atoms with Gasteiger partial charge in [-0.3, -0.25) is 9.55 Å². The molecule has 0 aromatic heterocycles. The molecule has 1 aliphatic heterocycles. The summed E-state index contributed by atoms with van der Waals surface area (Å²) in [5, 5.41) is 2.83. The Morgan fingerprint density at radius 3 is 2.53 bits per heavy atom. The van der Waals surface area contributed by atoms with Crippen molar-refractivity contribution in [2.45, 2.75) is 68.7 Å². The molecule has 3 unspecified atom stereocenters. The maximum Gasteiger partial charge on any atom is 0.267 e. The summed E-state index contributed by atoms with van der Waals surface area (Å²) < 4.78 is 31.7. The number of aliphatic imine (C=N–C) groups is 1.